The van der Waals surface area contributed by atoms with Crippen molar-refractivity contribution in [3.63, 3.8) is 0 Å². The number of carbonyl (C=O) groups is 1. The number of piperidine rings is 1. The van der Waals surface area contributed by atoms with Gasteiger partial charge < -0.3 is 14.6 Å². The molecule has 7 heteroatoms. The SMILES string of the molecule is COc1ccc(C(c2ccc(Cl)c(Cl)c2)N2CCC(C(=O)O)CC2)c(OC)c1. The molecule has 1 N–H and O–H groups in total. The van der Waals surface area contributed by atoms with Gasteiger partial charge in [0.05, 0.1) is 36.2 Å². The molecule has 0 aromatic heterocycles. The number of carboxylic acid groups (broad SMARTS) is 1. The van der Waals surface area contributed by atoms with Gasteiger partial charge in [0.25, 0.3) is 0 Å². The number of aliphatic carboxylic acids is 1. The summed E-state index contributed by atoms with van der Waals surface area (Å²) < 4.78 is 11.0. The maximum atomic E-state index is 11.3. The predicted molar refractivity (Wildman–Crippen MR) is 110 cm³/mol. The molecule has 1 heterocycles. The molecular weight excluding hydrogens is 401 g/mol. The van der Waals surface area contributed by atoms with Crippen molar-refractivity contribution in [2.75, 3.05) is 27.3 Å². The van der Waals surface area contributed by atoms with Crippen LogP contribution in [0.5, 0.6) is 11.5 Å². The molecule has 3 rings (SSSR count). The molecule has 2 aromatic rings. The van der Waals surface area contributed by atoms with Crippen LogP contribution in [0.1, 0.15) is 30.0 Å². The van der Waals surface area contributed by atoms with Crippen LogP contribution in [0.2, 0.25) is 10.0 Å². The van der Waals surface area contributed by atoms with Crippen molar-refractivity contribution in [1.82, 2.24) is 4.90 Å². The zero-order valence-corrected chi connectivity index (χ0v) is 17.3. The van der Waals surface area contributed by atoms with E-state index < -0.39 is 5.97 Å². The van der Waals surface area contributed by atoms with Gasteiger partial charge in [-0.25, -0.2) is 0 Å². The van der Waals surface area contributed by atoms with Gasteiger partial charge in [-0.3, -0.25) is 9.69 Å². The quantitative estimate of drug-likeness (QED) is 0.715. The lowest BCUT2D eigenvalue weighted by atomic mass is 9.91. The number of methoxy groups -OCH3 is 2. The van der Waals surface area contributed by atoms with E-state index in [0.717, 1.165) is 11.1 Å². The van der Waals surface area contributed by atoms with E-state index in [1.54, 1.807) is 20.3 Å². The Kier molecular flexibility index (Phi) is 6.70. The van der Waals surface area contributed by atoms with E-state index in [2.05, 4.69) is 4.90 Å². The van der Waals surface area contributed by atoms with Crippen LogP contribution in [0.3, 0.4) is 0 Å². The Bertz CT molecular complexity index is 850. The number of ether oxygens (including phenoxy) is 2. The molecule has 0 amide bonds. The minimum atomic E-state index is -0.729. The summed E-state index contributed by atoms with van der Waals surface area (Å²) >= 11 is 12.4. The summed E-state index contributed by atoms with van der Waals surface area (Å²) in [5.41, 5.74) is 1.95. The first-order chi connectivity index (χ1) is 13.4. The third kappa shape index (κ3) is 4.37. The zero-order chi connectivity index (χ0) is 20.3. The second-order valence-corrected chi connectivity index (χ2v) is 7.65. The summed E-state index contributed by atoms with van der Waals surface area (Å²) in [7, 11) is 3.24. The van der Waals surface area contributed by atoms with Crippen molar-refractivity contribution in [2.45, 2.75) is 18.9 Å². The van der Waals surface area contributed by atoms with Crippen LogP contribution >= 0.6 is 23.2 Å². The van der Waals surface area contributed by atoms with Gasteiger partial charge >= 0.3 is 5.97 Å². The van der Waals surface area contributed by atoms with Gasteiger partial charge in [-0.1, -0.05) is 29.3 Å². The molecule has 1 aliphatic heterocycles. The van der Waals surface area contributed by atoms with Gasteiger partial charge in [0.15, 0.2) is 0 Å². The molecular formula is C21H23Cl2NO4. The first-order valence-electron chi connectivity index (χ1n) is 9.08. The zero-order valence-electron chi connectivity index (χ0n) is 15.8. The molecule has 0 radical (unpaired) electrons. The highest BCUT2D eigenvalue weighted by molar-refractivity contribution is 6.42. The lowest BCUT2D eigenvalue weighted by Crippen LogP contribution is -2.39. The number of hydrogen-bond donors (Lipinski definition) is 1. The van der Waals surface area contributed by atoms with Gasteiger partial charge in [-0.05, 0) is 55.8 Å². The molecule has 0 aliphatic carbocycles. The minimum absolute atomic E-state index is 0.134. The van der Waals surface area contributed by atoms with Crippen molar-refractivity contribution < 1.29 is 19.4 Å². The molecule has 150 valence electrons. The summed E-state index contributed by atoms with van der Waals surface area (Å²) in [4.78, 5) is 13.6. The van der Waals surface area contributed by atoms with Crippen LogP contribution in [0.25, 0.3) is 0 Å². The van der Waals surface area contributed by atoms with Crippen LogP contribution < -0.4 is 9.47 Å². The normalized spacial score (nSPS) is 16.6. The Morgan fingerprint density at radius 3 is 2.36 bits per heavy atom. The van der Waals surface area contributed by atoms with Gasteiger partial charge in [0, 0.05) is 11.6 Å². The molecule has 1 atom stereocenters. The Hall–Kier alpha value is -1.95. The Morgan fingerprint density at radius 2 is 1.79 bits per heavy atom. The Morgan fingerprint density at radius 1 is 1.07 bits per heavy atom. The summed E-state index contributed by atoms with van der Waals surface area (Å²) in [6, 6.07) is 11.2. The molecule has 0 bridgehead atoms. The number of benzene rings is 2. The number of rotatable bonds is 6. The molecule has 1 saturated heterocycles. The largest absolute Gasteiger partial charge is 0.497 e. The summed E-state index contributed by atoms with van der Waals surface area (Å²) in [5, 5.41) is 10.3. The number of hydrogen-bond acceptors (Lipinski definition) is 4. The number of halogens is 2. The molecule has 2 aromatic carbocycles. The Labute approximate surface area is 174 Å². The third-order valence-electron chi connectivity index (χ3n) is 5.24. The standard InChI is InChI=1S/C21H23Cl2NO4/c1-27-15-4-5-16(19(12-15)28-2)20(14-3-6-17(22)18(23)11-14)24-9-7-13(8-10-24)21(25)26/h3-6,11-13,20H,7-10H2,1-2H3,(H,25,26). The molecule has 0 spiro atoms. The van der Waals surface area contributed by atoms with Gasteiger partial charge in [0.1, 0.15) is 11.5 Å². The molecule has 0 saturated carbocycles. The second kappa shape index (κ2) is 9.03. The maximum Gasteiger partial charge on any atom is 0.306 e. The Balaban J connectivity index is 2.02. The highest BCUT2D eigenvalue weighted by Gasteiger charge is 2.32. The van der Waals surface area contributed by atoms with Crippen LogP contribution in [-0.4, -0.2) is 43.3 Å². The molecule has 1 fully saturated rings. The van der Waals surface area contributed by atoms with Crippen molar-refractivity contribution in [1.29, 1.82) is 0 Å². The first kappa shape index (κ1) is 20.8. The topological polar surface area (TPSA) is 59.0 Å². The van der Waals surface area contributed by atoms with Crippen LogP contribution in [0.4, 0.5) is 0 Å². The fraction of sp³-hybridized carbons (Fsp3) is 0.381. The molecule has 5 nitrogen and oxygen atoms in total. The van der Waals surface area contributed by atoms with Crippen molar-refractivity contribution in [3.8, 4) is 11.5 Å². The number of likely N-dealkylation sites (tertiary alicyclic amines) is 1. The predicted octanol–water partition coefficient (Wildman–Crippen LogP) is 4.90. The maximum absolute atomic E-state index is 11.3. The monoisotopic (exact) mass is 423 g/mol. The van der Waals surface area contributed by atoms with Crippen molar-refractivity contribution in [3.05, 3.63) is 57.6 Å². The average molecular weight is 424 g/mol. The fourth-order valence-electron chi connectivity index (χ4n) is 3.72. The second-order valence-electron chi connectivity index (χ2n) is 6.83. The van der Waals surface area contributed by atoms with E-state index in [9.17, 15) is 9.90 Å². The van der Waals surface area contributed by atoms with Crippen molar-refractivity contribution >= 4 is 29.2 Å². The summed E-state index contributed by atoms with van der Waals surface area (Å²) in [6.07, 6.45) is 1.21. The van der Waals surface area contributed by atoms with Gasteiger partial charge in [-0.15, -0.1) is 0 Å². The summed E-state index contributed by atoms with van der Waals surface area (Å²) in [6.45, 7) is 1.33. The molecule has 1 unspecified atom stereocenters. The lowest BCUT2D eigenvalue weighted by Gasteiger charge is -2.37. The van der Waals surface area contributed by atoms with E-state index in [1.165, 1.54) is 0 Å². The molecule has 1 aliphatic rings. The highest BCUT2D eigenvalue weighted by atomic mass is 35.5. The average Bonchev–Trinajstić information content (AvgIpc) is 2.71. The first-order valence-corrected chi connectivity index (χ1v) is 9.84. The van der Waals surface area contributed by atoms with E-state index in [0.29, 0.717) is 47.5 Å². The minimum Gasteiger partial charge on any atom is -0.497 e. The van der Waals surface area contributed by atoms with E-state index >= 15 is 0 Å². The van der Waals surface area contributed by atoms with Crippen LogP contribution in [0, 0.1) is 5.92 Å². The van der Waals surface area contributed by atoms with Crippen LogP contribution in [0.15, 0.2) is 36.4 Å². The molecule has 28 heavy (non-hydrogen) atoms. The van der Waals surface area contributed by atoms with E-state index in [4.69, 9.17) is 32.7 Å². The van der Waals surface area contributed by atoms with Gasteiger partial charge in [-0.2, -0.15) is 0 Å². The van der Waals surface area contributed by atoms with Gasteiger partial charge in [0.2, 0.25) is 0 Å². The number of nitrogens with zero attached hydrogens (tertiary/aromatic N) is 1. The van der Waals surface area contributed by atoms with E-state index in [1.807, 2.05) is 30.3 Å². The number of carboxylic acids is 1. The smallest absolute Gasteiger partial charge is 0.306 e. The van der Waals surface area contributed by atoms with Crippen LogP contribution in [-0.2, 0) is 4.79 Å². The lowest BCUT2D eigenvalue weighted by molar-refractivity contribution is -0.143. The third-order valence-corrected chi connectivity index (χ3v) is 5.98. The fourth-order valence-corrected chi connectivity index (χ4v) is 4.03. The summed E-state index contributed by atoms with van der Waals surface area (Å²) in [5.74, 6) is 0.380. The highest BCUT2D eigenvalue weighted by Crippen LogP contribution is 2.40. The van der Waals surface area contributed by atoms with E-state index in [-0.39, 0.29) is 12.0 Å². The van der Waals surface area contributed by atoms with Crippen molar-refractivity contribution in [2.24, 2.45) is 5.92 Å².